The highest BCUT2D eigenvalue weighted by atomic mass is 79.9. The molecule has 0 saturated carbocycles. The zero-order valence-corrected chi connectivity index (χ0v) is 15.6. The first kappa shape index (κ1) is 19.0. The fourth-order valence-electron chi connectivity index (χ4n) is 2.78. The van der Waals surface area contributed by atoms with Crippen LogP contribution < -0.4 is 4.90 Å². The van der Waals surface area contributed by atoms with Crippen LogP contribution in [0.1, 0.15) is 10.4 Å². The molecule has 1 saturated heterocycles. The van der Waals surface area contributed by atoms with Crippen LogP contribution in [0.3, 0.4) is 0 Å². The predicted molar refractivity (Wildman–Crippen MR) is 93.5 cm³/mol. The molecule has 3 rings (SSSR count). The maximum atomic E-state index is 14.1. The maximum absolute atomic E-state index is 14.1. The van der Waals surface area contributed by atoms with E-state index < -0.39 is 34.0 Å². The van der Waals surface area contributed by atoms with Crippen LogP contribution in [0.4, 0.5) is 23.2 Å². The number of halogens is 6. The van der Waals surface area contributed by atoms with Crippen molar-refractivity contribution in [3.63, 3.8) is 0 Å². The van der Waals surface area contributed by atoms with E-state index in [4.69, 9.17) is 11.6 Å². The summed E-state index contributed by atoms with van der Waals surface area (Å²) in [6.45, 7) is 0.354. The second-order valence-corrected chi connectivity index (χ2v) is 7.00. The molecule has 9 heteroatoms. The van der Waals surface area contributed by atoms with Gasteiger partial charge in [0, 0.05) is 36.2 Å². The minimum absolute atomic E-state index is 0.0244. The van der Waals surface area contributed by atoms with Gasteiger partial charge in [-0.2, -0.15) is 0 Å². The average molecular weight is 452 g/mol. The third kappa shape index (κ3) is 3.40. The molecule has 2 aromatic carbocycles. The number of carbonyl (C=O) groups excluding carboxylic acids is 1. The van der Waals surface area contributed by atoms with Gasteiger partial charge in [-0.1, -0.05) is 27.5 Å². The Morgan fingerprint density at radius 2 is 1.38 bits per heavy atom. The van der Waals surface area contributed by atoms with E-state index in [1.54, 1.807) is 24.3 Å². The highest BCUT2D eigenvalue weighted by molar-refractivity contribution is 9.10. The molecular weight excluding hydrogens is 440 g/mol. The molecule has 3 nitrogen and oxygen atoms in total. The minimum atomic E-state index is -1.63. The second kappa shape index (κ2) is 7.44. The van der Waals surface area contributed by atoms with Crippen molar-refractivity contribution in [2.45, 2.75) is 0 Å². The number of benzene rings is 2. The van der Waals surface area contributed by atoms with E-state index in [9.17, 15) is 22.4 Å². The summed E-state index contributed by atoms with van der Waals surface area (Å²) in [6.07, 6.45) is 0. The second-order valence-electron chi connectivity index (χ2n) is 5.70. The fraction of sp³-hybridized carbons (Fsp3) is 0.235. The number of rotatable bonds is 2. The van der Waals surface area contributed by atoms with Gasteiger partial charge in [0.2, 0.25) is 0 Å². The Labute approximate surface area is 160 Å². The molecule has 1 fully saturated rings. The number of anilines is 1. The van der Waals surface area contributed by atoms with Gasteiger partial charge in [-0.05, 0) is 24.3 Å². The van der Waals surface area contributed by atoms with Gasteiger partial charge in [-0.3, -0.25) is 4.79 Å². The first-order valence-corrected chi connectivity index (χ1v) is 8.79. The van der Waals surface area contributed by atoms with Gasteiger partial charge < -0.3 is 9.80 Å². The van der Waals surface area contributed by atoms with Crippen molar-refractivity contribution >= 4 is 39.1 Å². The molecule has 26 heavy (non-hydrogen) atoms. The van der Waals surface area contributed by atoms with Crippen molar-refractivity contribution in [2.75, 3.05) is 31.1 Å². The highest BCUT2D eigenvalue weighted by Crippen LogP contribution is 2.34. The Morgan fingerprint density at radius 3 is 1.88 bits per heavy atom. The van der Waals surface area contributed by atoms with Gasteiger partial charge >= 0.3 is 0 Å². The third-order valence-electron chi connectivity index (χ3n) is 4.16. The van der Waals surface area contributed by atoms with Gasteiger partial charge in [0.25, 0.3) is 5.91 Å². The van der Waals surface area contributed by atoms with E-state index >= 15 is 0 Å². The van der Waals surface area contributed by atoms with Crippen molar-refractivity contribution in [2.24, 2.45) is 0 Å². The number of carbonyl (C=O) groups is 1. The van der Waals surface area contributed by atoms with Crippen molar-refractivity contribution < 1.29 is 22.4 Å². The lowest BCUT2D eigenvalue weighted by Gasteiger charge is -2.36. The van der Waals surface area contributed by atoms with E-state index in [1.807, 2.05) is 0 Å². The molecule has 1 aliphatic heterocycles. The lowest BCUT2D eigenvalue weighted by atomic mass is 10.1. The van der Waals surface area contributed by atoms with Gasteiger partial charge in [0.1, 0.15) is 10.7 Å². The summed E-state index contributed by atoms with van der Waals surface area (Å²) in [5.74, 6) is -6.57. The van der Waals surface area contributed by atoms with Gasteiger partial charge in [0.05, 0.1) is 0 Å². The summed E-state index contributed by atoms with van der Waals surface area (Å²) in [7, 11) is 0. The third-order valence-corrected chi connectivity index (χ3v) is 5.02. The van der Waals surface area contributed by atoms with Crippen LogP contribution in [-0.4, -0.2) is 37.0 Å². The largest absolute Gasteiger partial charge is 0.363 e. The van der Waals surface area contributed by atoms with Crippen molar-refractivity contribution in [3.8, 4) is 0 Å². The van der Waals surface area contributed by atoms with E-state index in [0.717, 1.165) is 4.47 Å². The summed E-state index contributed by atoms with van der Waals surface area (Å²) in [4.78, 5) is 15.1. The Kier molecular flexibility index (Phi) is 5.43. The Hall–Kier alpha value is -1.80. The molecule has 1 amide bonds. The van der Waals surface area contributed by atoms with Crippen LogP contribution >= 0.6 is 27.5 Å². The Morgan fingerprint density at radius 1 is 0.885 bits per heavy atom. The molecule has 0 unspecified atom stereocenters. The van der Waals surface area contributed by atoms with Crippen molar-refractivity contribution in [1.82, 2.24) is 4.90 Å². The summed E-state index contributed by atoms with van der Waals surface area (Å²) >= 11 is 8.52. The van der Waals surface area contributed by atoms with Crippen molar-refractivity contribution in [1.29, 1.82) is 0 Å². The molecule has 0 bridgehead atoms. The molecule has 0 N–H and O–H groups in total. The van der Waals surface area contributed by atoms with Gasteiger partial charge in [-0.15, -0.1) is 0 Å². The summed E-state index contributed by atoms with van der Waals surface area (Å²) < 4.78 is 56.2. The van der Waals surface area contributed by atoms with E-state index in [1.165, 1.54) is 9.80 Å². The average Bonchev–Trinajstić information content (AvgIpc) is 2.65. The quantitative estimate of drug-likeness (QED) is 0.378. The molecule has 138 valence electrons. The number of nitrogens with zero attached hydrogens (tertiary/aromatic N) is 2. The summed E-state index contributed by atoms with van der Waals surface area (Å²) in [5.41, 5.74) is -0.331. The molecule has 0 aromatic heterocycles. The zero-order chi connectivity index (χ0) is 19.0. The van der Waals surface area contributed by atoms with E-state index in [-0.39, 0.29) is 32.1 Å². The lowest BCUT2D eigenvalue weighted by molar-refractivity contribution is 0.0746. The number of hydrogen-bond acceptors (Lipinski definition) is 2. The molecule has 0 radical (unpaired) electrons. The number of hydrogen-bond donors (Lipinski definition) is 0. The van der Waals surface area contributed by atoms with Crippen molar-refractivity contribution in [3.05, 3.63) is 62.6 Å². The molecular formula is C17H12BrClF4N2O. The predicted octanol–water partition coefficient (Wildman–Crippen LogP) is 4.62. The SMILES string of the molecule is O=C(c1ccc(Br)cc1)N1CCN(c2c(F)c(F)c(Cl)c(F)c2F)CC1. The summed E-state index contributed by atoms with van der Waals surface area (Å²) in [6, 6.07) is 6.77. The molecule has 0 atom stereocenters. The van der Waals surface area contributed by atoms with Crippen LogP contribution in [-0.2, 0) is 0 Å². The van der Waals surface area contributed by atoms with Gasteiger partial charge in [-0.25, -0.2) is 17.6 Å². The smallest absolute Gasteiger partial charge is 0.253 e. The normalized spacial score (nSPS) is 14.7. The molecule has 0 spiro atoms. The molecule has 2 aromatic rings. The molecule has 0 aliphatic carbocycles. The standard InChI is InChI=1S/C17H12BrClF4N2O/c18-10-3-1-9(2-4-10)17(26)25-7-5-24(6-8-25)16-14(22)12(20)11(19)13(21)15(16)23/h1-4H,5-8H2. The van der Waals surface area contributed by atoms with Crippen LogP contribution in [0.25, 0.3) is 0 Å². The highest BCUT2D eigenvalue weighted by Gasteiger charge is 2.31. The molecule has 1 aliphatic rings. The first-order chi connectivity index (χ1) is 12.3. The number of piperazine rings is 1. The zero-order valence-electron chi connectivity index (χ0n) is 13.2. The van der Waals surface area contributed by atoms with Crippen LogP contribution in [0.2, 0.25) is 5.02 Å². The van der Waals surface area contributed by atoms with E-state index in [0.29, 0.717) is 5.56 Å². The Bertz CT molecular complexity index is 826. The van der Waals surface area contributed by atoms with Gasteiger partial charge in [0.15, 0.2) is 23.3 Å². The fourth-order valence-corrected chi connectivity index (χ4v) is 3.21. The topological polar surface area (TPSA) is 23.6 Å². The van der Waals surface area contributed by atoms with Crippen LogP contribution in [0.5, 0.6) is 0 Å². The minimum Gasteiger partial charge on any atom is -0.363 e. The van der Waals surface area contributed by atoms with E-state index in [2.05, 4.69) is 15.9 Å². The maximum Gasteiger partial charge on any atom is 0.253 e. The monoisotopic (exact) mass is 450 g/mol. The Balaban J connectivity index is 1.77. The molecule has 1 heterocycles. The summed E-state index contributed by atoms with van der Waals surface area (Å²) in [5, 5.41) is -1.21. The van der Waals surface area contributed by atoms with Crippen LogP contribution in [0, 0.1) is 23.3 Å². The lowest BCUT2D eigenvalue weighted by Crippen LogP contribution is -2.49. The number of amides is 1. The van der Waals surface area contributed by atoms with Crippen LogP contribution in [0.15, 0.2) is 28.7 Å². The first-order valence-electron chi connectivity index (χ1n) is 7.62.